The number of nitrogens with zero attached hydrogens (tertiary/aromatic N) is 2. The molecular formula is C12H21N2Si. The zero-order valence-corrected chi connectivity index (χ0v) is 11.2. The van der Waals surface area contributed by atoms with Crippen LogP contribution < -0.4 is 0 Å². The highest BCUT2D eigenvalue weighted by Gasteiger charge is 2.08. The Hall–Kier alpha value is -0.883. The second-order valence-corrected chi connectivity index (χ2v) is 9.72. The molecule has 1 rings (SSSR count). The van der Waals surface area contributed by atoms with E-state index >= 15 is 0 Å². The molecule has 0 saturated heterocycles. The molecule has 0 fully saturated rings. The standard InChI is InChI=1S/C12H21N2Si/c1-13-9-10-14(12-13)8-6-5-7-11-15(2,3)4/h9-10,12H,5-6,8H2,1-4H3. The fraction of sp³-hybridized carbons (Fsp3) is 0.583. The van der Waals surface area contributed by atoms with Crippen molar-refractivity contribution in [1.82, 2.24) is 9.80 Å². The molecule has 15 heavy (non-hydrogen) atoms. The maximum absolute atomic E-state index is 3.39. The predicted molar refractivity (Wildman–Crippen MR) is 68.3 cm³/mol. The first-order valence-electron chi connectivity index (χ1n) is 5.48. The van der Waals surface area contributed by atoms with Gasteiger partial charge >= 0.3 is 0 Å². The topological polar surface area (TPSA) is 6.48 Å². The second-order valence-electron chi connectivity index (χ2n) is 4.97. The van der Waals surface area contributed by atoms with Crippen LogP contribution in [0.25, 0.3) is 0 Å². The Balaban J connectivity index is 2.12. The Morgan fingerprint density at radius 1 is 1.20 bits per heavy atom. The quantitative estimate of drug-likeness (QED) is 0.410. The zero-order chi connectivity index (χ0) is 11.3. The van der Waals surface area contributed by atoms with Crippen LogP contribution in [0.1, 0.15) is 12.8 Å². The van der Waals surface area contributed by atoms with Gasteiger partial charge < -0.3 is 9.80 Å². The van der Waals surface area contributed by atoms with Crippen molar-refractivity contribution >= 4 is 8.07 Å². The average Bonchev–Trinajstić information content (AvgIpc) is 2.49. The van der Waals surface area contributed by atoms with E-state index < -0.39 is 8.07 Å². The van der Waals surface area contributed by atoms with Crippen LogP contribution in [0.4, 0.5) is 0 Å². The molecule has 1 aliphatic heterocycles. The Morgan fingerprint density at radius 2 is 1.93 bits per heavy atom. The minimum atomic E-state index is -1.15. The number of rotatable bonds is 3. The third kappa shape index (κ3) is 5.53. The fourth-order valence-corrected chi connectivity index (χ4v) is 1.97. The van der Waals surface area contributed by atoms with Gasteiger partial charge in [-0.1, -0.05) is 19.6 Å². The van der Waals surface area contributed by atoms with E-state index in [1.165, 1.54) is 0 Å². The molecule has 0 aromatic heterocycles. The molecule has 0 bridgehead atoms. The normalized spacial score (nSPS) is 15.5. The third-order valence-electron chi connectivity index (χ3n) is 2.01. The van der Waals surface area contributed by atoms with E-state index in [4.69, 9.17) is 0 Å². The van der Waals surface area contributed by atoms with Crippen LogP contribution in [0.2, 0.25) is 19.6 Å². The molecule has 0 unspecified atom stereocenters. The summed E-state index contributed by atoms with van der Waals surface area (Å²) in [6.07, 6.45) is 6.33. The van der Waals surface area contributed by atoms with Crippen molar-refractivity contribution < 1.29 is 0 Å². The fourth-order valence-electron chi connectivity index (χ4n) is 1.31. The molecule has 0 N–H and O–H groups in total. The summed E-state index contributed by atoms with van der Waals surface area (Å²) in [6.45, 7) is 10.0. The Bertz CT molecular complexity index is 280. The van der Waals surface area contributed by atoms with E-state index in [0.29, 0.717) is 0 Å². The van der Waals surface area contributed by atoms with Crippen molar-refractivity contribution in [2.24, 2.45) is 0 Å². The lowest BCUT2D eigenvalue weighted by atomic mass is 10.3. The summed E-state index contributed by atoms with van der Waals surface area (Å²) in [6, 6.07) is 0. The van der Waals surface area contributed by atoms with Gasteiger partial charge in [-0.3, -0.25) is 0 Å². The molecule has 3 heteroatoms. The lowest BCUT2D eigenvalue weighted by Gasteiger charge is -2.15. The van der Waals surface area contributed by atoms with Crippen molar-refractivity contribution in [2.75, 3.05) is 13.6 Å². The van der Waals surface area contributed by atoms with E-state index in [1.54, 1.807) is 0 Å². The van der Waals surface area contributed by atoms with Crippen molar-refractivity contribution in [3.05, 3.63) is 19.1 Å². The highest BCUT2D eigenvalue weighted by Crippen LogP contribution is 2.09. The molecular weight excluding hydrogens is 200 g/mol. The monoisotopic (exact) mass is 221 g/mol. The molecule has 1 aliphatic rings. The van der Waals surface area contributed by atoms with Crippen LogP contribution in [0.3, 0.4) is 0 Å². The molecule has 0 atom stereocenters. The van der Waals surface area contributed by atoms with E-state index in [2.05, 4.69) is 60.0 Å². The summed E-state index contributed by atoms with van der Waals surface area (Å²) in [5.41, 5.74) is 3.39. The van der Waals surface area contributed by atoms with Crippen LogP contribution >= 0.6 is 0 Å². The van der Waals surface area contributed by atoms with Crippen molar-refractivity contribution in [1.29, 1.82) is 0 Å². The number of hydrogen-bond donors (Lipinski definition) is 0. The third-order valence-corrected chi connectivity index (χ3v) is 2.93. The van der Waals surface area contributed by atoms with Gasteiger partial charge in [-0.2, -0.15) is 0 Å². The minimum Gasteiger partial charge on any atom is -0.356 e. The molecule has 0 amide bonds. The molecule has 0 aromatic rings. The van der Waals surface area contributed by atoms with Crippen molar-refractivity contribution in [3.8, 4) is 11.5 Å². The van der Waals surface area contributed by atoms with E-state index in [1.807, 2.05) is 7.05 Å². The predicted octanol–water partition coefficient (Wildman–Crippen LogP) is 2.49. The highest BCUT2D eigenvalue weighted by molar-refractivity contribution is 6.83. The van der Waals surface area contributed by atoms with Crippen molar-refractivity contribution in [2.45, 2.75) is 32.5 Å². The summed E-state index contributed by atoms with van der Waals surface area (Å²) >= 11 is 0. The smallest absolute Gasteiger partial charge is 0.141 e. The lowest BCUT2D eigenvalue weighted by molar-refractivity contribution is 0.376. The molecule has 0 aliphatic carbocycles. The van der Waals surface area contributed by atoms with E-state index in [0.717, 1.165) is 19.4 Å². The van der Waals surface area contributed by atoms with Gasteiger partial charge in [0.1, 0.15) is 14.7 Å². The van der Waals surface area contributed by atoms with Gasteiger partial charge in [-0.15, -0.1) is 11.5 Å². The summed E-state index contributed by atoms with van der Waals surface area (Å²) in [4.78, 5) is 4.27. The first-order valence-corrected chi connectivity index (χ1v) is 8.98. The van der Waals surface area contributed by atoms with Gasteiger partial charge in [0, 0.05) is 32.4 Å². The number of unbranched alkanes of at least 4 members (excludes halogenated alkanes) is 1. The highest BCUT2D eigenvalue weighted by atomic mass is 28.3. The first-order chi connectivity index (χ1) is 6.97. The summed E-state index contributed by atoms with van der Waals surface area (Å²) in [5, 5.41) is 0. The molecule has 0 spiro atoms. The largest absolute Gasteiger partial charge is 0.356 e. The summed E-state index contributed by atoms with van der Waals surface area (Å²) in [5.74, 6) is 3.29. The maximum Gasteiger partial charge on any atom is 0.141 e. The van der Waals surface area contributed by atoms with Crippen LogP contribution in [0.5, 0.6) is 0 Å². The zero-order valence-electron chi connectivity index (χ0n) is 10.2. The van der Waals surface area contributed by atoms with Crippen LogP contribution in [0.15, 0.2) is 12.4 Å². The summed E-state index contributed by atoms with van der Waals surface area (Å²) in [7, 11) is 0.889. The molecule has 1 heterocycles. The first kappa shape index (κ1) is 12.2. The number of hydrogen-bond acceptors (Lipinski definition) is 2. The maximum atomic E-state index is 3.39. The van der Waals surface area contributed by atoms with Crippen LogP contribution in [-0.2, 0) is 0 Å². The Kier molecular flexibility index (Phi) is 4.28. The van der Waals surface area contributed by atoms with Gasteiger partial charge in [-0.25, -0.2) is 0 Å². The molecule has 0 aromatic carbocycles. The summed E-state index contributed by atoms with van der Waals surface area (Å²) < 4.78 is 0. The molecule has 1 radical (unpaired) electrons. The van der Waals surface area contributed by atoms with Gasteiger partial charge in [-0.05, 0) is 6.42 Å². The van der Waals surface area contributed by atoms with Crippen LogP contribution in [-0.4, -0.2) is 31.5 Å². The molecule has 2 nitrogen and oxygen atoms in total. The van der Waals surface area contributed by atoms with Gasteiger partial charge in [0.15, 0.2) is 0 Å². The van der Waals surface area contributed by atoms with Gasteiger partial charge in [0.25, 0.3) is 0 Å². The van der Waals surface area contributed by atoms with E-state index in [9.17, 15) is 0 Å². The second kappa shape index (κ2) is 5.27. The van der Waals surface area contributed by atoms with Gasteiger partial charge in [0.2, 0.25) is 0 Å². The average molecular weight is 221 g/mol. The Labute approximate surface area is 95.0 Å². The Morgan fingerprint density at radius 3 is 2.47 bits per heavy atom. The lowest BCUT2D eigenvalue weighted by Crippen LogP contribution is -2.17. The van der Waals surface area contributed by atoms with Crippen LogP contribution in [0, 0.1) is 18.1 Å². The minimum absolute atomic E-state index is 1.02. The van der Waals surface area contributed by atoms with E-state index in [-0.39, 0.29) is 0 Å². The SMILES string of the molecule is CN1[CH]N(CCCC#C[Si](C)(C)C)C=C1. The molecule has 83 valence electrons. The molecule has 0 saturated carbocycles. The van der Waals surface area contributed by atoms with Gasteiger partial charge in [0.05, 0.1) is 0 Å². The van der Waals surface area contributed by atoms with Crippen molar-refractivity contribution in [3.63, 3.8) is 0 Å².